The average Bonchev–Trinajstić information content (AvgIpc) is 2.84. The summed E-state index contributed by atoms with van der Waals surface area (Å²) >= 11 is 5.96. The molecule has 0 radical (unpaired) electrons. The lowest BCUT2D eigenvalue weighted by Crippen LogP contribution is -2.39. The predicted molar refractivity (Wildman–Crippen MR) is 141 cm³/mol. The van der Waals surface area contributed by atoms with Crippen LogP contribution in [-0.4, -0.2) is 11.8 Å². The number of hydrogen-bond acceptors (Lipinski definition) is 4. The van der Waals surface area contributed by atoms with Crippen LogP contribution in [0.2, 0.25) is 5.02 Å². The Morgan fingerprint density at radius 2 is 1.50 bits per heavy atom. The molecule has 0 amide bonds. The number of para-hydroxylation sites is 1. The molecule has 5 heteroatoms. The zero-order valence-corrected chi connectivity index (χ0v) is 20.5. The Hall–Kier alpha value is -4.20. The van der Waals surface area contributed by atoms with Gasteiger partial charge in [0.15, 0.2) is 0 Å². The molecule has 0 aromatic heterocycles. The van der Waals surface area contributed by atoms with E-state index in [9.17, 15) is 4.79 Å². The summed E-state index contributed by atoms with van der Waals surface area (Å²) in [4.78, 5) is 14.7. The highest BCUT2D eigenvalue weighted by molar-refractivity contribution is 6.30. The van der Waals surface area contributed by atoms with Gasteiger partial charge in [-0.1, -0.05) is 53.8 Å². The van der Waals surface area contributed by atoms with E-state index in [-0.39, 0.29) is 12.0 Å². The fourth-order valence-electron chi connectivity index (χ4n) is 4.67. The normalized spacial score (nSPS) is 16.9. The maximum absolute atomic E-state index is 12.4. The third-order valence-electron chi connectivity index (χ3n) is 6.33. The molecule has 4 nitrogen and oxygen atoms in total. The highest BCUT2D eigenvalue weighted by Gasteiger charge is 2.39. The van der Waals surface area contributed by atoms with Crippen molar-refractivity contribution in [2.45, 2.75) is 25.7 Å². The van der Waals surface area contributed by atoms with Gasteiger partial charge in [-0.15, -0.1) is 0 Å². The first kappa shape index (κ1) is 22.3. The molecular weight excluding hydrogens is 470 g/mol. The van der Waals surface area contributed by atoms with Crippen LogP contribution in [0.4, 0.5) is 11.4 Å². The first-order valence-corrected chi connectivity index (χ1v) is 12.1. The number of cyclic esters (lactones) is 1. The van der Waals surface area contributed by atoms with E-state index in [4.69, 9.17) is 21.1 Å². The molecule has 2 aliphatic heterocycles. The number of ether oxygens (including phenoxy) is 2. The van der Waals surface area contributed by atoms with Gasteiger partial charge in [-0.05, 0) is 60.2 Å². The van der Waals surface area contributed by atoms with Crippen molar-refractivity contribution in [1.82, 2.24) is 0 Å². The van der Waals surface area contributed by atoms with Crippen LogP contribution < -0.4 is 9.64 Å². The van der Waals surface area contributed by atoms with Crippen LogP contribution in [0.1, 0.15) is 52.5 Å². The minimum absolute atomic E-state index is 0.0427. The smallest absolute Gasteiger partial charge is 0.345 e. The Bertz CT molecular complexity index is 1550. The molecule has 176 valence electrons. The van der Waals surface area contributed by atoms with Crippen LogP contribution in [-0.2, 0) is 4.74 Å². The van der Waals surface area contributed by atoms with Gasteiger partial charge in [-0.3, -0.25) is 0 Å². The van der Waals surface area contributed by atoms with E-state index in [2.05, 4.69) is 47.1 Å². The Balaban J connectivity index is 1.32. The molecule has 4 aromatic rings. The van der Waals surface area contributed by atoms with Gasteiger partial charge >= 0.3 is 5.97 Å². The van der Waals surface area contributed by atoms with E-state index in [1.54, 1.807) is 19.9 Å². The molecule has 2 aliphatic rings. The molecule has 0 aliphatic carbocycles. The second kappa shape index (κ2) is 8.48. The third-order valence-corrected chi connectivity index (χ3v) is 6.58. The summed E-state index contributed by atoms with van der Waals surface area (Å²) in [5.41, 5.74) is 6.79. The number of carbonyl (C=O) groups excluding carboxylic acids is 1. The Morgan fingerprint density at radius 1 is 0.833 bits per heavy atom. The molecule has 1 unspecified atom stereocenters. The van der Waals surface area contributed by atoms with Crippen molar-refractivity contribution < 1.29 is 14.3 Å². The summed E-state index contributed by atoms with van der Waals surface area (Å²) in [6, 6.07) is 29.9. The first-order valence-electron chi connectivity index (χ1n) is 11.7. The number of rotatable bonds is 2. The molecular formula is C31H22ClNO3. The molecule has 4 aromatic carbocycles. The fraction of sp³-hybridized carbons (Fsp3) is 0.129. The molecule has 6 rings (SSSR count). The SMILES string of the molecule is CC1(C)OC(=O)c2ccc(N3c4ccccc4C3c3ccc(C#Cc4ccc(Cl)cc4)cc3)cc2O1. The maximum atomic E-state index is 12.4. The summed E-state index contributed by atoms with van der Waals surface area (Å²) in [6.45, 7) is 3.47. The largest absolute Gasteiger partial charge is 0.452 e. The van der Waals surface area contributed by atoms with Crippen molar-refractivity contribution in [2.75, 3.05) is 4.90 Å². The average molecular weight is 492 g/mol. The zero-order valence-electron chi connectivity index (χ0n) is 19.8. The maximum Gasteiger partial charge on any atom is 0.345 e. The van der Waals surface area contributed by atoms with Crippen molar-refractivity contribution in [3.05, 3.63) is 124 Å². The van der Waals surface area contributed by atoms with Gasteiger partial charge in [-0.25, -0.2) is 4.79 Å². The van der Waals surface area contributed by atoms with E-state index in [1.807, 2.05) is 54.6 Å². The molecule has 0 spiro atoms. The topological polar surface area (TPSA) is 38.8 Å². The van der Waals surface area contributed by atoms with Crippen molar-refractivity contribution in [1.29, 1.82) is 0 Å². The molecule has 0 N–H and O–H groups in total. The van der Waals surface area contributed by atoms with Crippen molar-refractivity contribution in [3.63, 3.8) is 0 Å². The van der Waals surface area contributed by atoms with Crippen molar-refractivity contribution in [2.24, 2.45) is 0 Å². The number of hydrogen-bond donors (Lipinski definition) is 0. The van der Waals surface area contributed by atoms with E-state index in [0.29, 0.717) is 16.3 Å². The number of nitrogens with zero attached hydrogens (tertiary/aromatic N) is 1. The van der Waals surface area contributed by atoms with E-state index in [0.717, 1.165) is 28.1 Å². The minimum Gasteiger partial charge on any atom is -0.452 e. The van der Waals surface area contributed by atoms with Gasteiger partial charge in [0, 0.05) is 53.0 Å². The monoisotopic (exact) mass is 491 g/mol. The van der Waals surface area contributed by atoms with Gasteiger partial charge in [0.25, 0.3) is 0 Å². The number of benzene rings is 4. The zero-order chi connectivity index (χ0) is 24.9. The van der Waals surface area contributed by atoms with Crippen LogP contribution in [0.5, 0.6) is 5.75 Å². The lowest BCUT2D eigenvalue weighted by molar-refractivity contribution is -0.127. The summed E-state index contributed by atoms with van der Waals surface area (Å²) in [5.74, 6) is 5.57. The quantitative estimate of drug-likeness (QED) is 0.218. The Morgan fingerprint density at radius 3 is 2.22 bits per heavy atom. The van der Waals surface area contributed by atoms with Crippen LogP contribution in [0, 0.1) is 11.8 Å². The third kappa shape index (κ3) is 3.98. The van der Waals surface area contributed by atoms with Crippen molar-refractivity contribution >= 4 is 28.9 Å². The Kier molecular flexibility index (Phi) is 5.25. The van der Waals surface area contributed by atoms with E-state index < -0.39 is 5.79 Å². The van der Waals surface area contributed by atoms with Gasteiger partial charge in [0.2, 0.25) is 5.79 Å². The van der Waals surface area contributed by atoms with E-state index >= 15 is 0 Å². The molecule has 0 saturated heterocycles. The van der Waals surface area contributed by atoms with E-state index in [1.165, 1.54) is 5.56 Å². The number of halogens is 1. The van der Waals surface area contributed by atoms with Gasteiger partial charge in [0.05, 0.1) is 6.04 Å². The molecule has 0 bridgehead atoms. The lowest BCUT2D eigenvalue weighted by atomic mass is 9.86. The number of fused-ring (bicyclic) bond motifs is 2. The van der Waals surface area contributed by atoms with Crippen LogP contribution in [0.3, 0.4) is 0 Å². The lowest BCUT2D eigenvalue weighted by Gasteiger charge is -2.45. The van der Waals surface area contributed by atoms with Crippen LogP contribution in [0.15, 0.2) is 91.0 Å². The van der Waals surface area contributed by atoms with Crippen LogP contribution in [0.25, 0.3) is 0 Å². The second-order valence-electron chi connectivity index (χ2n) is 9.28. The standard InChI is InChI=1S/C31H22ClNO3/c1-31(2)35-28-19-24(17-18-26(28)30(34)36-31)33-27-6-4-3-5-25(27)29(33)22-13-9-20(10-14-22)7-8-21-11-15-23(32)16-12-21/h3-6,9-19,29H,1-2H3. The predicted octanol–water partition coefficient (Wildman–Crippen LogP) is 7.27. The summed E-state index contributed by atoms with van der Waals surface area (Å²) in [5, 5.41) is 0.698. The summed E-state index contributed by atoms with van der Waals surface area (Å²) < 4.78 is 11.3. The molecule has 0 fully saturated rings. The fourth-order valence-corrected chi connectivity index (χ4v) is 4.80. The summed E-state index contributed by atoms with van der Waals surface area (Å²) in [6.07, 6.45) is 0. The minimum atomic E-state index is -1.00. The number of carbonyl (C=O) groups is 1. The van der Waals surface area contributed by atoms with Gasteiger partial charge < -0.3 is 14.4 Å². The van der Waals surface area contributed by atoms with Crippen molar-refractivity contribution in [3.8, 4) is 17.6 Å². The highest BCUT2D eigenvalue weighted by Crippen LogP contribution is 2.52. The molecule has 36 heavy (non-hydrogen) atoms. The number of esters is 1. The first-order chi connectivity index (χ1) is 17.4. The second-order valence-corrected chi connectivity index (χ2v) is 9.72. The molecule has 2 heterocycles. The highest BCUT2D eigenvalue weighted by atomic mass is 35.5. The van der Waals surface area contributed by atoms with Crippen LogP contribution >= 0.6 is 11.6 Å². The number of anilines is 2. The summed E-state index contributed by atoms with van der Waals surface area (Å²) in [7, 11) is 0. The molecule has 0 saturated carbocycles. The Labute approximate surface area is 215 Å². The van der Waals surface area contributed by atoms with Gasteiger partial charge in [-0.2, -0.15) is 0 Å². The molecule has 1 atom stereocenters. The van der Waals surface area contributed by atoms with Gasteiger partial charge in [0.1, 0.15) is 11.3 Å².